The average molecular weight is 540 g/mol. The Kier molecular flexibility index (Phi) is 11.1. The van der Waals surface area contributed by atoms with Crippen LogP contribution in [0.25, 0.3) is 11.0 Å². The van der Waals surface area contributed by atoms with Gasteiger partial charge in [0.05, 0.1) is 11.0 Å². The fourth-order valence-corrected chi connectivity index (χ4v) is 4.12. The van der Waals surface area contributed by atoms with Crippen molar-refractivity contribution in [2.24, 2.45) is 10.9 Å². The SMILES string of the molecule is CCNC(=NCCCn1c(C)nc2ccccc21)NCCNC(=O)C1CCCCC1.I. The number of hydrogen-bond acceptors (Lipinski definition) is 3. The Morgan fingerprint density at radius 3 is 2.65 bits per heavy atom. The van der Waals surface area contributed by atoms with Gasteiger partial charge in [0.25, 0.3) is 0 Å². The van der Waals surface area contributed by atoms with Gasteiger partial charge in [-0.2, -0.15) is 0 Å². The van der Waals surface area contributed by atoms with Gasteiger partial charge in [0.15, 0.2) is 5.96 Å². The lowest BCUT2D eigenvalue weighted by Crippen LogP contribution is -2.42. The van der Waals surface area contributed by atoms with Gasteiger partial charge in [0.2, 0.25) is 5.91 Å². The molecule has 1 saturated carbocycles. The van der Waals surface area contributed by atoms with Crippen LogP contribution in [0.15, 0.2) is 29.3 Å². The molecule has 1 aliphatic carbocycles. The third-order valence-electron chi connectivity index (χ3n) is 5.69. The quantitative estimate of drug-likeness (QED) is 0.197. The van der Waals surface area contributed by atoms with Gasteiger partial charge in [-0.25, -0.2) is 4.98 Å². The topological polar surface area (TPSA) is 83.3 Å². The summed E-state index contributed by atoms with van der Waals surface area (Å²) in [5.41, 5.74) is 2.22. The number of guanidine groups is 1. The van der Waals surface area contributed by atoms with Gasteiger partial charge in [-0.3, -0.25) is 9.79 Å². The van der Waals surface area contributed by atoms with Gasteiger partial charge in [0.1, 0.15) is 5.82 Å². The van der Waals surface area contributed by atoms with Gasteiger partial charge in [0, 0.05) is 38.6 Å². The molecule has 0 unspecified atom stereocenters. The van der Waals surface area contributed by atoms with E-state index in [9.17, 15) is 4.79 Å². The molecule has 0 atom stereocenters. The number of aryl methyl sites for hydroxylation is 2. The van der Waals surface area contributed by atoms with Crippen LogP contribution < -0.4 is 16.0 Å². The van der Waals surface area contributed by atoms with Crippen molar-refractivity contribution in [2.45, 2.75) is 58.9 Å². The monoisotopic (exact) mass is 540 g/mol. The first-order valence-electron chi connectivity index (χ1n) is 11.4. The lowest BCUT2D eigenvalue weighted by Gasteiger charge is -2.21. The van der Waals surface area contributed by atoms with Crippen LogP contribution in [-0.4, -0.2) is 47.6 Å². The number of benzene rings is 1. The first-order valence-corrected chi connectivity index (χ1v) is 11.4. The maximum absolute atomic E-state index is 12.2. The van der Waals surface area contributed by atoms with E-state index in [0.717, 1.165) is 56.2 Å². The van der Waals surface area contributed by atoms with Crippen LogP contribution in [0.4, 0.5) is 0 Å². The van der Waals surface area contributed by atoms with Crippen molar-refractivity contribution in [3.8, 4) is 0 Å². The largest absolute Gasteiger partial charge is 0.357 e. The van der Waals surface area contributed by atoms with Crippen LogP contribution in [0.1, 0.15) is 51.3 Å². The lowest BCUT2D eigenvalue weighted by molar-refractivity contribution is -0.125. The van der Waals surface area contributed by atoms with Gasteiger partial charge >= 0.3 is 0 Å². The Labute approximate surface area is 202 Å². The minimum Gasteiger partial charge on any atom is -0.357 e. The molecule has 1 amide bonds. The van der Waals surface area contributed by atoms with E-state index in [4.69, 9.17) is 0 Å². The van der Waals surface area contributed by atoms with E-state index in [2.05, 4.69) is 62.5 Å². The zero-order chi connectivity index (χ0) is 21.2. The van der Waals surface area contributed by atoms with Gasteiger partial charge in [-0.05, 0) is 45.2 Å². The van der Waals surface area contributed by atoms with Crippen molar-refractivity contribution in [2.75, 3.05) is 26.2 Å². The Hall–Kier alpha value is -1.84. The minimum atomic E-state index is 0. The summed E-state index contributed by atoms with van der Waals surface area (Å²) in [6.45, 7) is 7.85. The van der Waals surface area contributed by atoms with Crippen LogP contribution in [0.3, 0.4) is 0 Å². The molecule has 7 nitrogen and oxygen atoms in total. The first kappa shape index (κ1) is 25.4. The van der Waals surface area contributed by atoms with E-state index in [1.165, 1.54) is 24.8 Å². The molecule has 0 radical (unpaired) electrons. The number of aliphatic imine (C=N–C) groups is 1. The normalized spacial score (nSPS) is 14.8. The van der Waals surface area contributed by atoms with Crippen LogP contribution >= 0.6 is 24.0 Å². The Morgan fingerprint density at radius 1 is 1.13 bits per heavy atom. The van der Waals surface area contributed by atoms with E-state index in [1.807, 2.05) is 6.07 Å². The summed E-state index contributed by atoms with van der Waals surface area (Å²) in [5, 5.41) is 9.66. The second-order valence-electron chi connectivity index (χ2n) is 7.97. The number of nitrogens with one attached hydrogen (secondary N) is 3. The summed E-state index contributed by atoms with van der Waals surface area (Å²) in [6, 6.07) is 8.25. The number of nitrogens with zero attached hydrogens (tertiary/aromatic N) is 3. The number of imidazole rings is 1. The molecule has 0 saturated heterocycles. The molecule has 3 rings (SSSR count). The predicted molar refractivity (Wildman–Crippen MR) is 138 cm³/mol. The highest BCUT2D eigenvalue weighted by Crippen LogP contribution is 2.23. The Bertz CT molecular complexity index is 844. The molecule has 1 aliphatic rings. The molecular weight excluding hydrogens is 503 g/mol. The molecule has 1 aromatic carbocycles. The molecule has 1 fully saturated rings. The van der Waals surface area contributed by atoms with Crippen LogP contribution in [0.5, 0.6) is 0 Å². The molecule has 0 aliphatic heterocycles. The van der Waals surface area contributed by atoms with Crippen molar-refractivity contribution in [3.05, 3.63) is 30.1 Å². The van der Waals surface area contributed by atoms with E-state index in [1.54, 1.807) is 0 Å². The average Bonchev–Trinajstić information content (AvgIpc) is 3.09. The number of amides is 1. The molecule has 0 bridgehead atoms. The maximum Gasteiger partial charge on any atom is 0.223 e. The molecule has 31 heavy (non-hydrogen) atoms. The summed E-state index contributed by atoms with van der Waals surface area (Å²) >= 11 is 0. The number of para-hydroxylation sites is 2. The molecule has 1 aromatic heterocycles. The van der Waals surface area contributed by atoms with Crippen molar-refractivity contribution in [3.63, 3.8) is 0 Å². The third-order valence-corrected chi connectivity index (χ3v) is 5.69. The van der Waals surface area contributed by atoms with Crippen molar-refractivity contribution in [1.29, 1.82) is 0 Å². The number of carbonyl (C=O) groups excluding carboxylic acids is 1. The van der Waals surface area contributed by atoms with Crippen LogP contribution in [-0.2, 0) is 11.3 Å². The summed E-state index contributed by atoms with van der Waals surface area (Å²) in [6.07, 6.45) is 6.65. The van der Waals surface area contributed by atoms with Crippen molar-refractivity contribution in [1.82, 2.24) is 25.5 Å². The first-order chi connectivity index (χ1) is 14.7. The standard InChI is InChI=1S/C23H36N6O.HI/c1-3-24-23(27-16-15-25-22(30)19-10-5-4-6-11-19)26-14-9-17-29-18(2)28-20-12-7-8-13-21(20)29;/h7-8,12-13,19H,3-6,9-11,14-17H2,1-2H3,(H,25,30)(H2,24,26,27);1H. The highest BCUT2D eigenvalue weighted by atomic mass is 127. The number of carbonyl (C=O) groups is 1. The highest BCUT2D eigenvalue weighted by Gasteiger charge is 2.20. The molecule has 2 aromatic rings. The maximum atomic E-state index is 12.2. The zero-order valence-electron chi connectivity index (χ0n) is 18.8. The van der Waals surface area contributed by atoms with E-state index < -0.39 is 0 Å². The third kappa shape index (κ3) is 7.66. The second-order valence-corrected chi connectivity index (χ2v) is 7.97. The van der Waals surface area contributed by atoms with Gasteiger partial charge in [-0.1, -0.05) is 31.4 Å². The van der Waals surface area contributed by atoms with Crippen molar-refractivity contribution >= 4 is 46.9 Å². The highest BCUT2D eigenvalue weighted by molar-refractivity contribution is 14.0. The molecule has 3 N–H and O–H groups in total. The zero-order valence-corrected chi connectivity index (χ0v) is 21.2. The smallest absolute Gasteiger partial charge is 0.223 e. The fraction of sp³-hybridized carbons (Fsp3) is 0.609. The summed E-state index contributed by atoms with van der Waals surface area (Å²) in [5.74, 6) is 2.26. The van der Waals surface area contributed by atoms with E-state index in [0.29, 0.717) is 13.1 Å². The van der Waals surface area contributed by atoms with E-state index >= 15 is 0 Å². The fourth-order valence-electron chi connectivity index (χ4n) is 4.12. The van der Waals surface area contributed by atoms with Crippen molar-refractivity contribution < 1.29 is 4.79 Å². The summed E-state index contributed by atoms with van der Waals surface area (Å²) in [7, 11) is 0. The Morgan fingerprint density at radius 2 is 1.87 bits per heavy atom. The number of aromatic nitrogens is 2. The lowest BCUT2D eigenvalue weighted by atomic mass is 9.89. The van der Waals surface area contributed by atoms with Crippen LogP contribution in [0, 0.1) is 12.8 Å². The van der Waals surface area contributed by atoms with Gasteiger partial charge < -0.3 is 20.5 Å². The molecule has 0 spiro atoms. The Balaban J connectivity index is 0.00000341. The van der Waals surface area contributed by atoms with Gasteiger partial charge in [-0.15, -0.1) is 24.0 Å². The number of rotatable bonds is 9. The molecule has 172 valence electrons. The molecular formula is C23H37IN6O. The minimum absolute atomic E-state index is 0. The summed E-state index contributed by atoms with van der Waals surface area (Å²) in [4.78, 5) is 21.5. The molecule has 1 heterocycles. The number of fused-ring (bicyclic) bond motifs is 1. The second kappa shape index (κ2) is 13.5. The van der Waals surface area contributed by atoms with Crippen LogP contribution in [0.2, 0.25) is 0 Å². The summed E-state index contributed by atoms with van der Waals surface area (Å²) < 4.78 is 2.26. The van der Waals surface area contributed by atoms with E-state index in [-0.39, 0.29) is 35.8 Å². The number of hydrogen-bond donors (Lipinski definition) is 3. The number of halogens is 1. The predicted octanol–water partition coefficient (Wildman–Crippen LogP) is 3.60. The molecule has 8 heteroatoms.